The maximum atomic E-state index is 13.0. The lowest BCUT2D eigenvalue weighted by molar-refractivity contribution is 0.0605. The third kappa shape index (κ3) is 3.41. The van der Waals surface area contributed by atoms with E-state index in [2.05, 4.69) is 4.98 Å². The fourth-order valence-corrected chi connectivity index (χ4v) is 3.21. The second-order valence-electron chi connectivity index (χ2n) is 5.99. The molecule has 1 atom stereocenters. The van der Waals surface area contributed by atoms with Crippen LogP contribution in [0.25, 0.3) is 0 Å². The van der Waals surface area contributed by atoms with Crippen LogP contribution in [0, 0.1) is 0 Å². The highest BCUT2D eigenvalue weighted by Gasteiger charge is 2.29. The van der Waals surface area contributed by atoms with Crippen molar-refractivity contribution in [3.63, 3.8) is 0 Å². The number of aliphatic hydroxyl groups is 1. The Morgan fingerprint density at radius 2 is 2.21 bits per heavy atom. The van der Waals surface area contributed by atoms with Crippen LogP contribution in [0.15, 0.2) is 42.6 Å². The van der Waals surface area contributed by atoms with E-state index in [0.29, 0.717) is 17.8 Å². The zero-order valence-electron chi connectivity index (χ0n) is 13.8. The normalized spacial score (nSPS) is 17.6. The van der Waals surface area contributed by atoms with Gasteiger partial charge in [0.15, 0.2) is 0 Å². The van der Waals surface area contributed by atoms with Crippen molar-refractivity contribution in [1.29, 1.82) is 0 Å². The third-order valence-electron chi connectivity index (χ3n) is 4.47. The number of benzene rings is 1. The van der Waals surface area contributed by atoms with Gasteiger partial charge in [-0.05, 0) is 54.7 Å². The number of carbonyl (C=O) groups is 1. The van der Waals surface area contributed by atoms with Crippen molar-refractivity contribution in [3.05, 3.63) is 59.4 Å². The fraction of sp³-hybridized carbons (Fsp3) is 0.368. The number of rotatable bonds is 4. The summed E-state index contributed by atoms with van der Waals surface area (Å²) in [6, 6.07) is 11.3. The van der Waals surface area contributed by atoms with Gasteiger partial charge in [-0.25, -0.2) is 0 Å². The molecule has 0 radical (unpaired) electrons. The van der Waals surface area contributed by atoms with Gasteiger partial charge in [0.25, 0.3) is 5.91 Å². The Balaban J connectivity index is 1.89. The first-order valence-electron chi connectivity index (χ1n) is 8.23. The molecule has 0 spiro atoms. The summed E-state index contributed by atoms with van der Waals surface area (Å²) in [5.41, 5.74) is 2.17. The summed E-state index contributed by atoms with van der Waals surface area (Å²) in [6.07, 6.45) is 4.59. The lowest BCUT2D eigenvalue weighted by atomic mass is 9.94. The van der Waals surface area contributed by atoms with E-state index in [4.69, 9.17) is 4.74 Å². The highest BCUT2D eigenvalue weighted by molar-refractivity contribution is 5.92. The number of methoxy groups -OCH3 is 1. The summed E-state index contributed by atoms with van der Waals surface area (Å²) < 4.78 is 5.31. The summed E-state index contributed by atoms with van der Waals surface area (Å²) in [6.45, 7) is 0.619. The average Bonchev–Trinajstić information content (AvgIpc) is 2.67. The topological polar surface area (TPSA) is 62.7 Å². The Labute approximate surface area is 141 Å². The number of hydrogen-bond donors (Lipinski definition) is 1. The standard InChI is InChI=1S/C19H22N2O3/c1-24-16-6-4-5-15(12-16)18-7-2-3-10-21(18)19(23)17-11-14(13-22)8-9-20-17/h4-6,8-9,11-12,18,22H,2-3,7,10,13H2,1H3. The average molecular weight is 326 g/mol. The number of aliphatic hydroxyl groups excluding tert-OH is 1. The Morgan fingerprint density at radius 3 is 3.00 bits per heavy atom. The molecule has 1 saturated heterocycles. The zero-order chi connectivity index (χ0) is 16.9. The van der Waals surface area contributed by atoms with E-state index in [1.807, 2.05) is 29.2 Å². The minimum atomic E-state index is -0.0951. The van der Waals surface area contributed by atoms with Crippen molar-refractivity contribution < 1.29 is 14.6 Å². The van der Waals surface area contributed by atoms with Gasteiger partial charge in [-0.1, -0.05) is 12.1 Å². The summed E-state index contributed by atoms with van der Waals surface area (Å²) >= 11 is 0. The van der Waals surface area contributed by atoms with Crippen LogP contribution in [0.3, 0.4) is 0 Å². The number of amides is 1. The van der Waals surface area contributed by atoms with Gasteiger partial charge in [-0.2, -0.15) is 0 Å². The summed E-state index contributed by atoms with van der Waals surface area (Å²) in [5.74, 6) is 0.712. The number of pyridine rings is 1. The van der Waals surface area contributed by atoms with Crippen LogP contribution in [-0.2, 0) is 6.61 Å². The molecule has 5 nitrogen and oxygen atoms in total. The van der Waals surface area contributed by atoms with Gasteiger partial charge >= 0.3 is 0 Å². The second kappa shape index (κ2) is 7.45. The van der Waals surface area contributed by atoms with Gasteiger partial charge in [0.05, 0.1) is 19.8 Å². The molecule has 1 aliphatic heterocycles. The summed E-state index contributed by atoms with van der Waals surface area (Å²) in [7, 11) is 1.65. The minimum absolute atomic E-state index is 0.0286. The van der Waals surface area contributed by atoms with Gasteiger partial charge in [0, 0.05) is 12.7 Å². The lowest BCUT2D eigenvalue weighted by Crippen LogP contribution is -2.39. The first-order chi connectivity index (χ1) is 11.7. The van der Waals surface area contributed by atoms with Crippen LogP contribution in [0.4, 0.5) is 0 Å². The predicted octanol–water partition coefficient (Wildman–Crippen LogP) is 2.95. The minimum Gasteiger partial charge on any atom is -0.497 e. The van der Waals surface area contributed by atoms with E-state index in [1.54, 1.807) is 25.4 Å². The Hall–Kier alpha value is -2.40. The molecule has 0 aliphatic carbocycles. The van der Waals surface area contributed by atoms with Crippen molar-refractivity contribution in [3.8, 4) is 5.75 Å². The Morgan fingerprint density at radius 1 is 1.33 bits per heavy atom. The molecular weight excluding hydrogens is 304 g/mol. The second-order valence-corrected chi connectivity index (χ2v) is 5.99. The maximum absolute atomic E-state index is 13.0. The van der Waals surface area contributed by atoms with Gasteiger partial charge < -0.3 is 14.7 Å². The molecule has 1 aromatic heterocycles. The number of ether oxygens (including phenoxy) is 1. The number of piperidine rings is 1. The van der Waals surface area contributed by atoms with Gasteiger partial charge in [0.2, 0.25) is 0 Å². The van der Waals surface area contributed by atoms with E-state index in [1.165, 1.54) is 0 Å². The molecule has 0 saturated carbocycles. The van der Waals surface area contributed by atoms with E-state index in [-0.39, 0.29) is 18.6 Å². The van der Waals surface area contributed by atoms with Crippen LogP contribution < -0.4 is 4.74 Å². The summed E-state index contributed by atoms with van der Waals surface area (Å²) in [4.78, 5) is 19.0. The monoisotopic (exact) mass is 326 g/mol. The van der Waals surface area contributed by atoms with Crippen molar-refractivity contribution in [1.82, 2.24) is 9.88 Å². The van der Waals surface area contributed by atoms with Crippen LogP contribution in [0.2, 0.25) is 0 Å². The number of aromatic nitrogens is 1. The van der Waals surface area contributed by atoms with Crippen molar-refractivity contribution in [2.75, 3.05) is 13.7 Å². The fourth-order valence-electron chi connectivity index (χ4n) is 3.21. The van der Waals surface area contributed by atoms with E-state index in [0.717, 1.165) is 30.6 Å². The molecule has 3 rings (SSSR count). The molecule has 1 unspecified atom stereocenters. The number of likely N-dealkylation sites (tertiary alicyclic amines) is 1. The maximum Gasteiger partial charge on any atom is 0.272 e. The molecule has 2 aromatic rings. The van der Waals surface area contributed by atoms with E-state index < -0.39 is 0 Å². The number of hydrogen-bond acceptors (Lipinski definition) is 4. The van der Waals surface area contributed by atoms with Crippen molar-refractivity contribution in [2.45, 2.75) is 31.9 Å². The molecule has 1 aliphatic rings. The van der Waals surface area contributed by atoms with E-state index in [9.17, 15) is 9.90 Å². The SMILES string of the molecule is COc1cccc(C2CCCCN2C(=O)c2cc(CO)ccn2)c1. The summed E-state index contributed by atoms with van der Waals surface area (Å²) in [5, 5.41) is 9.28. The molecule has 1 fully saturated rings. The quantitative estimate of drug-likeness (QED) is 0.938. The largest absolute Gasteiger partial charge is 0.497 e. The van der Waals surface area contributed by atoms with Gasteiger partial charge in [-0.3, -0.25) is 9.78 Å². The highest BCUT2D eigenvalue weighted by atomic mass is 16.5. The first kappa shape index (κ1) is 16.5. The number of carbonyl (C=O) groups excluding carboxylic acids is 1. The van der Waals surface area contributed by atoms with Crippen LogP contribution in [0.1, 0.15) is 46.9 Å². The van der Waals surface area contributed by atoms with Gasteiger partial charge in [0.1, 0.15) is 11.4 Å². The third-order valence-corrected chi connectivity index (χ3v) is 4.47. The van der Waals surface area contributed by atoms with Crippen molar-refractivity contribution in [2.24, 2.45) is 0 Å². The van der Waals surface area contributed by atoms with Crippen LogP contribution in [-0.4, -0.2) is 34.6 Å². The first-order valence-corrected chi connectivity index (χ1v) is 8.23. The molecule has 1 amide bonds. The molecule has 24 heavy (non-hydrogen) atoms. The van der Waals surface area contributed by atoms with Crippen molar-refractivity contribution >= 4 is 5.91 Å². The van der Waals surface area contributed by atoms with Crippen LogP contribution >= 0.6 is 0 Å². The predicted molar refractivity (Wildman–Crippen MR) is 90.8 cm³/mol. The molecule has 2 heterocycles. The molecular formula is C19H22N2O3. The highest BCUT2D eigenvalue weighted by Crippen LogP contribution is 2.33. The van der Waals surface area contributed by atoms with E-state index >= 15 is 0 Å². The van der Waals surface area contributed by atoms with Crippen LogP contribution in [0.5, 0.6) is 5.75 Å². The molecule has 5 heteroatoms. The zero-order valence-corrected chi connectivity index (χ0v) is 13.8. The molecule has 126 valence electrons. The molecule has 1 aromatic carbocycles. The lowest BCUT2D eigenvalue weighted by Gasteiger charge is -2.36. The Kier molecular flexibility index (Phi) is 5.11. The number of nitrogens with zero attached hydrogens (tertiary/aromatic N) is 2. The molecule has 0 bridgehead atoms. The molecule has 1 N–H and O–H groups in total. The smallest absolute Gasteiger partial charge is 0.272 e. The Bertz CT molecular complexity index is 717. The van der Waals surface area contributed by atoms with Gasteiger partial charge in [-0.15, -0.1) is 0 Å².